The number of thiophene rings is 1. The summed E-state index contributed by atoms with van der Waals surface area (Å²) in [5.41, 5.74) is 6.94. The Morgan fingerprint density at radius 2 is 2.38 bits per heavy atom. The predicted molar refractivity (Wildman–Crippen MR) is 69.4 cm³/mol. The van der Waals surface area contributed by atoms with Gasteiger partial charge < -0.3 is 10.6 Å². The smallest absolute Gasteiger partial charge is 0.264 e. The molecule has 0 bridgehead atoms. The van der Waals surface area contributed by atoms with Crippen molar-refractivity contribution in [1.29, 1.82) is 0 Å². The number of piperidine rings is 1. The van der Waals surface area contributed by atoms with E-state index in [1.807, 2.05) is 23.3 Å². The van der Waals surface area contributed by atoms with Crippen LogP contribution in [0, 0.1) is 6.92 Å². The predicted octanol–water partition coefficient (Wildman–Crippen LogP) is 2.04. The number of carbonyl (C=O) groups is 1. The van der Waals surface area contributed by atoms with Crippen molar-refractivity contribution in [3.8, 4) is 0 Å². The summed E-state index contributed by atoms with van der Waals surface area (Å²) in [6.07, 6.45) is 2.06. The average Bonchev–Trinajstić information content (AvgIpc) is 2.63. The molecular weight excluding hydrogens is 244 g/mol. The molecule has 5 heteroatoms. The second-order valence-corrected chi connectivity index (χ2v) is 5.00. The first-order chi connectivity index (χ1) is 7.18. The molecule has 2 rings (SSSR count). The van der Waals surface area contributed by atoms with Gasteiger partial charge >= 0.3 is 0 Å². The first-order valence-electron chi connectivity index (χ1n) is 5.27. The van der Waals surface area contributed by atoms with E-state index in [9.17, 15) is 4.79 Å². The van der Waals surface area contributed by atoms with Gasteiger partial charge in [0.15, 0.2) is 0 Å². The van der Waals surface area contributed by atoms with Gasteiger partial charge in [-0.05, 0) is 36.8 Å². The Balaban J connectivity index is 0.00000128. The summed E-state index contributed by atoms with van der Waals surface area (Å²) in [5.74, 6) is 0.151. The number of amides is 1. The van der Waals surface area contributed by atoms with Gasteiger partial charge in [-0.25, -0.2) is 0 Å². The maximum atomic E-state index is 12.1. The molecule has 2 N–H and O–H groups in total. The van der Waals surface area contributed by atoms with E-state index in [0.29, 0.717) is 6.54 Å². The molecule has 1 fully saturated rings. The number of hydrogen-bond donors (Lipinski definition) is 1. The van der Waals surface area contributed by atoms with Crippen molar-refractivity contribution in [3.63, 3.8) is 0 Å². The molecule has 90 valence electrons. The zero-order chi connectivity index (χ0) is 10.8. The molecule has 0 unspecified atom stereocenters. The Bertz CT molecular complexity index is 367. The fraction of sp³-hybridized carbons (Fsp3) is 0.545. The molecule has 2 heterocycles. The highest BCUT2D eigenvalue weighted by Gasteiger charge is 2.23. The Kier molecular flexibility index (Phi) is 4.77. The van der Waals surface area contributed by atoms with Crippen LogP contribution in [0.5, 0.6) is 0 Å². The molecule has 0 saturated carbocycles. The van der Waals surface area contributed by atoms with E-state index < -0.39 is 0 Å². The summed E-state index contributed by atoms with van der Waals surface area (Å²) in [6.45, 7) is 3.54. The largest absolute Gasteiger partial charge is 0.336 e. The molecule has 1 amide bonds. The summed E-state index contributed by atoms with van der Waals surface area (Å²) < 4.78 is 0. The lowest BCUT2D eigenvalue weighted by molar-refractivity contribution is 0.0713. The summed E-state index contributed by atoms with van der Waals surface area (Å²) >= 11 is 1.52. The van der Waals surface area contributed by atoms with Gasteiger partial charge in [-0.1, -0.05) is 0 Å². The number of rotatable bonds is 1. The molecule has 1 saturated heterocycles. The van der Waals surface area contributed by atoms with E-state index in [1.54, 1.807) is 0 Å². The zero-order valence-corrected chi connectivity index (χ0v) is 10.9. The van der Waals surface area contributed by atoms with E-state index in [4.69, 9.17) is 5.73 Å². The van der Waals surface area contributed by atoms with Crippen LogP contribution in [0.1, 0.15) is 28.1 Å². The minimum absolute atomic E-state index is 0. The Morgan fingerprint density at radius 1 is 1.62 bits per heavy atom. The Morgan fingerprint density at radius 3 is 2.94 bits per heavy atom. The molecule has 16 heavy (non-hydrogen) atoms. The second-order valence-electron chi connectivity index (χ2n) is 4.09. The molecule has 1 aliphatic rings. The first kappa shape index (κ1) is 13.5. The quantitative estimate of drug-likeness (QED) is 0.840. The monoisotopic (exact) mass is 260 g/mol. The summed E-state index contributed by atoms with van der Waals surface area (Å²) in [6, 6.07) is 2.14. The molecule has 0 spiro atoms. The van der Waals surface area contributed by atoms with Crippen molar-refractivity contribution in [2.75, 3.05) is 13.1 Å². The van der Waals surface area contributed by atoms with Crippen LogP contribution in [0.25, 0.3) is 0 Å². The topological polar surface area (TPSA) is 46.3 Å². The number of halogens is 1. The normalized spacial score (nSPS) is 20.4. The molecule has 0 aromatic carbocycles. The van der Waals surface area contributed by atoms with E-state index in [0.717, 1.165) is 29.8 Å². The van der Waals surface area contributed by atoms with Crippen molar-refractivity contribution in [3.05, 3.63) is 21.9 Å². The molecule has 1 aliphatic heterocycles. The molecule has 0 radical (unpaired) electrons. The fourth-order valence-corrected chi connectivity index (χ4v) is 2.82. The molecular formula is C11H17ClN2OS. The lowest BCUT2D eigenvalue weighted by Crippen LogP contribution is -2.45. The average molecular weight is 261 g/mol. The van der Waals surface area contributed by atoms with Crippen LogP contribution in [-0.2, 0) is 0 Å². The Labute approximate surface area is 106 Å². The highest BCUT2D eigenvalue weighted by Crippen LogP contribution is 2.20. The lowest BCUT2D eigenvalue weighted by Gasteiger charge is -2.30. The van der Waals surface area contributed by atoms with E-state index >= 15 is 0 Å². The number of carbonyl (C=O) groups excluding carboxylic acids is 1. The van der Waals surface area contributed by atoms with Gasteiger partial charge in [0.1, 0.15) is 0 Å². The third-order valence-electron chi connectivity index (χ3n) is 2.80. The number of aryl methyl sites for hydroxylation is 1. The molecule has 1 aromatic rings. The fourth-order valence-electron chi connectivity index (χ4n) is 1.93. The maximum absolute atomic E-state index is 12.1. The van der Waals surface area contributed by atoms with E-state index in [2.05, 4.69) is 0 Å². The number of hydrogen-bond acceptors (Lipinski definition) is 3. The van der Waals surface area contributed by atoms with Gasteiger partial charge in [0.25, 0.3) is 5.91 Å². The van der Waals surface area contributed by atoms with Crippen LogP contribution >= 0.6 is 23.7 Å². The van der Waals surface area contributed by atoms with Crippen molar-refractivity contribution in [2.24, 2.45) is 5.73 Å². The summed E-state index contributed by atoms with van der Waals surface area (Å²) in [4.78, 5) is 14.9. The summed E-state index contributed by atoms with van der Waals surface area (Å²) in [7, 11) is 0. The van der Waals surface area contributed by atoms with Crippen LogP contribution in [0.2, 0.25) is 0 Å². The van der Waals surface area contributed by atoms with Crippen LogP contribution in [0.15, 0.2) is 11.4 Å². The van der Waals surface area contributed by atoms with Crippen molar-refractivity contribution < 1.29 is 4.79 Å². The first-order valence-corrected chi connectivity index (χ1v) is 6.15. The van der Waals surface area contributed by atoms with Crippen LogP contribution in [0.4, 0.5) is 0 Å². The van der Waals surface area contributed by atoms with Gasteiger partial charge in [-0.15, -0.1) is 23.7 Å². The molecule has 0 aliphatic carbocycles. The van der Waals surface area contributed by atoms with E-state index in [-0.39, 0.29) is 24.4 Å². The Hall–Kier alpha value is -0.580. The lowest BCUT2D eigenvalue weighted by atomic mass is 10.1. The van der Waals surface area contributed by atoms with Gasteiger partial charge in [-0.2, -0.15) is 0 Å². The maximum Gasteiger partial charge on any atom is 0.264 e. The third-order valence-corrected chi connectivity index (χ3v) is 3.81. The number of nitrogens with zero attached hydrogens (tertiary/aromatic N) is 1. The number of nitrogens with two attached hydrogens (primary N) is 1. The highest BCUT2D eigenvalue weighted by molar-refractivity contribution is 7.12. The van der Waals surface area contributed by atoms with Crippen molar-refractivity contribution in [1.82, 2.24) is 4.90 Å². The number of likely N-dealkylation sites (tertiary alicyclic amines) is 1. The van der Waals surface area contributed by atoms with Gasteiger partial charge in [0.2, 0.25) is 0 Å². The van der Waals surface area contributed by atoms with Gasteiger partial charge in [0, 0.05) is 19.1 Å². The zero-order valence-electron chi connectivity index (χ0n) is 9.31. The standard InChI is InChI=1S/C11H16N2OS.ClH/c1-8-4-6-15-10(8)11(14)13-5-2-3-9(12)7-13;/h4,6,9H,2-3,5,7,12H2,1H3;1H/t9-;/m1./s1. The van der Waals surface area contributed by atoms with Gasteiger partial charge in [0.05, 0.1) is 4.88 Å². The van der Waals surface area contributed by atoms with Crippen LogP contribution in [0.3, 0.4) is 0 Å². The second kappa shape index (κ2) is 5.66. The van der Waals surface area contributed by atoms with Crippen LogP contribution in [-0.4, -0.2) is 29.9 Å². The van der Waals surface area contributed by atoms with Crippen molar-refractivity contribution in [2.45, 2.75) is 25.8 Å². The minimum Gasteiger partial charge on any atom is -0.336 e. The highest BCUT2D eigenvalue weighted by atomic mass is 35.5. The minimum atomic E-state index is 0. The molecule has 1 aromatic heterocycles. The van der Waals surface area contributed by atoms with Gasteiger partial charge in [-0.3, -0.25) is 4.79 Å². The van der Waals surface area contributed by atoms with E-state index in [1.165, 1.54) is 11.3 Å². The van der Waals surface area contributed by atoms with Crippen LogP contribution < -0.4 is 5.73 Å². The molecule has 1 atom stereocenters. The summed E-state index contributed by atoms with van der Waals surface area (Å²) in [5, 5.41) is 1.96. The third kappa shape index (κ3) is 2.75. The molecule has 3 nitrogen and oxygen atoms in total. The van der Waals surface area contributed by atoms with Crippen molar-refractivity contribution >= 4 is 29.7 Å². The SMILES string of the molecule is Cc1ccsc1C(=O)N1CCC[C@@H](N)C1.Cl.